The van der Waals surface area contributed by atoms with Gasteiger partial charge in [0, 0.05) is 42.7 Å². The summed E-state index contributed by atoms with van der Waals surface area (Å²) in [5.41, 5.74) is 8.31. The van der Waals surface area contributed by atoms with Gasteiger partial charge in [0.1, 0.15) is 20.4 Å². The number of para-hydroxylation sites is 1. The summed E-state index contributed by atoms with van der Waals surface area (Å²) >= 11 is 5.23. The molecular formula is C38H42N3O2S3+. The van der Waals surface area contributed by atoms with Crippen LogP contribution in [0.2, 0.25) is 0 Å². The molecule has 3 aromatic carbocycles. The van der Waals surface area contributed by atoms with E-state index < -0.39 is 0 Å². The van der Waals surface area contributed by atoms with Crippen molar-refractivity contribution in [2.24, 2.45) is 0 Å². The summed E-state index contributed by atoms with van der Waals surface area (Å²) in [6.07, 6.45) is 2.98. The highest BCUT2D eigenvalue weighted by molar-refractivity contribution is 8.03. The third-order valence-electron chi connectivity index (χ3n) is 8.60. The molecule has 3 heterocycles. The van der Waals surface area contributed by atoms with Gasteiger partial charge in [0.15, 0.2) is 0 Å². The number of allylic oxidation sites excluding steroid dienone is 1. The summed E-state index contributed by atoms with van der Waals surface area (Å²) in [5.74, 6) is 0. The molecule has 1 aliphatic rings. The first-order chi connectivity index (χ1) is 22.4. The fourth-order valence-corrected chi connectivity index (χ4v) is 10.0. The number of fused-ring (bicyclic) bond motifs is 2. The van der Waals surface area contributed by atoms with E-state index in [0.717, 1.165) is 44.9 Å². The summed E-state index contributed by atoms with van der Waals surface area (Å²) in [5, 5.41) is 2.34. The standard InChI is InChI=1S/C38H42N3O2S3/c1-7-39-31-22-25(5)26(6)23-33(31)44-34(39)24-29(27-16-12-11-13-17-27)35-36(42)41(9-3)38(46-35)28(20-21-43-10-4)37-40(8-2)30-18-14-15-19-32(30)45-37/h11-19,22-24H,7-10,20-21H2,1-6H3/q+1/b34-24-,35-29-. The Morgan fingerprint density at radius 3 is 2.37 bits per heavy atom. The number of nitrogens with zero attached hydrogens (tertiary/aromatic N) is 3. The Hall–Kier alpha value is -3.43. The van der Waals surface area contributed by atoms with Crippen LogP contribution in [-0.2, 0) is 17.8 Å². The zero-order chi connectivity index (χ0) is 32.4. The number of thiazole rings is 2. The van der Waals surface area contributed by atoms with Gasteiger partial charge in [-0.15, -0.1) is 11.3 Å². The predicted octanol–water partition coefficient (Wildman–Crippen LogP) is 7.37. The minimum atomic E-state index is 0.0616. The fraction of sp³-hybridized carbons (Fsp3) is 0.316. The average Bonchev–Trinajstić information content (AvgIpc) is 3.72. The van der Waals surface area contributed by atoms with Crippen molar-refractivity contribution in [3.63, 3.8) is 0 Å². The minimum Gasteiger partial charge on any atom is -0.381 e. The predicted molar refractivity (Wildman–Crippen MR) is 197 cm³/mol. The zero-order valence-electron chi connectivity index (χ0n) is 27.6. The highest BCUT2D eigenvalue weighted by Gasteiger charge is 2.27. The van der Waals surface area contributed by atoms with Gasteiger partial charge in [-0.3, -0.25) is 9.36 Å². The Morgan fingerprint density at radius 2 is 1.65 bits per heavy atom. The molecule has 1 aliphatic heterocycles. The van der Waals surface area contributed by atoms with E-state index in [2.05, 4.69) is 111 Å². The number of hydrogen-bond donors (Lipinski definition) is 0. The van der Waals surface area contributed by atoms with Crippen molar-refractivity contribution < 1.29 is 9.30 Å². The second kappa shape index (κ2) is 14.1. The number of ether oxygens (including phenoxy) is 1. The van der Waals surface area contributed by atoms with Crippen LogP contribution in [0.1, 0.15) is 55.8 Å². The van der Waals surface area contributed by atoms with Gasteiger partial charge in [-0.05, 0) is 82.5 Å². The van der Waals surface area contributed by atoms with Gasteiger partial charge >= 0.3 is 0 Å². The second-order valence-electron chi connectivity index (χ2n) is 11.3. The number of rotatable bonds is 10. The van der Waals surface area contributed by atoms with Crippen molar-refractivity contribution in [3.05, 3.63) is 119 Å². The van der Waals surface area contributed by atoms with Crippen molar-refractivity contribution in [2.75, 3.05) is 24.7 Å². The Bertz CT molecular complexity index is 2100. The van der Waals surface area contributed by atoms with Gasteiger partial charge in [-0.2, -0.15) is 4.57 Å². The zero-order valence-corrected chi connectivity index (χ0v) is 30.0. The van der Waals surface area contributed by atoms with E-state index >= 15 is 0 Å². The van der Waals surface area contributed by atoms with Crippen LogP contribution in [0.5, 0.6) is 0 Å². The summed E-state index contributed by atoms with van der Waals surface area (Å²) < 4.78 is 13.3. The fourth-order valence-electron chi connectivity index (χ4n) is 6.10. The molecule has 0 unspecified atom stereocenters. The lowest BCUT2D eigenvalue weighted by Crippen LogP contribution is -2.37. The van der Waals surface area contributed by atoms with Crippen LogP contribution in [0, 0.1) is 13.8 Å². The first-order valence-electron chi connectivity index (χ1n) is 16.2. The van der Waals surface area contributed by atoms with E-state index in [-0.39, 0.29) is 5.56 Å². The molecule has 2 aromatic heterocycles. The van der Waals surface area contributed by atoms with E-state index in [0.29, 0.717) is 19.8 Å². The summed E-state index contributed by atoms with van der Waals surface area (Å²) in [4.78, 5) is 18.2. The third-order valence-corrected chi connectivity index (χ3v) is 12.2. The molecule has 5 aromatic rings. The van der Waals surface area contributed by atoms with Gasteiger partial charge in [0.2, 0.25) is 5.52 Å². The maximum absolute atomic E-state index is 14.5. The normalized spacial score (nSPS) is 15.2. The van der Waals surface area contributed by atoms with Gasteiger partial charge in [0.25, 0.3) is 10.6 Å². The van der Waals surface area contributed by atoms with Gasteiger partial charge in [-0.1, -0.05) is 65.6 Å². The SMILES string of the molecule is CCOCCC(c1sc2ccccc2[n+]1CC)=c1s/c(=C(/C=C2\Sc3cc(C)c(C)cc3N2CC)c2ccccc2)c(=O)n1CC. The molecule has 0 radical (unpaired) electrons. The second-order valence-corrected chi connectivity index (χ2v) is 14.4. The Labute approximate surface area is 283 Å². The first-order valence-corrected chi connectivity index (χ1v) is 18.6. The van der Waals surface area contributed by atoms with E-state index in [9.17, 15) is 4.79 Å². The highest BCUT2D eigenvalue weighted by atomic mass is 32.2. The number of thioether (sulfide) groups is 1. The highest BCUT2D eigenvalue weighted by Crippen LogP contribution is 2.47. The van der Waals surface area contributed by atoms with Crippen LogP contribution >= 0.6 is 34.4 Å². The van der Waals surface area contributed by atoms with Crippen LogP contribution < -0.4 is 24.2 Å². The molecule has 0 N–H and O–H groups in total. The monoisotopic (exact) mass is 668 g/mol. The van der Waals surface area contributed by atoms with Crippen LogP contribution in [0.3, 0.4) is 0 Å². The van der Waals surface area contributed by atoms with Gasteiger partial charge in [-0.25, -0.2) is 0 Å². The minimum absolute atomic E-state index is 0.0616. The van der Waals surface area contributed by atoms with Crippen molar-refractivity contribution in [3.8, 4) is 0 Å². The van der Waals surface area contributed by atoms with E-state index in [4.69, 9.17) is 4.74 Å². The largest absolute Gasteiger partial charge is 0.381 e. The van der Waals surface area contributed by atoms with Crippen LogP contribution in [-0.4, -0.2) is 24.3 Å². The molecule has 0 saturated carbocycles. The molecule has 0 amide bonds. The van der Waals surface area contributed by atoms with Crippen LogP contribution in [0.15, 0.2) is 87.5 Å². The molecule has 238 valence electrons. The Morgan fingerprint density at radius 1 is 0.913 bits per heavy atom. The smallest absolute Gasteiger partial charge is 0.269 e. The summed E-state index contributed by atoms with van der Waals surface area (Å²) in [6.45, 7) is 16.4. The van der Waals surface area contributed by atoms with Crippen LogP contribution in [0.4, 0.5) is 5.69 Å². The molecule has 8 heteroatoms. The number of benzene rings is 3. The maximum atomic E-state index is 14.5. The maximum Gasteiger partial charge on any atom is 0.269 e. The lowest BCUT2D eigenvalue weighted by molar-refractivity contribution is -0.665. The molecule has 0 spiro atoms. The molecule has 0 aliphatic carbocycles. The number of anilines is 1. The number of aryl methyl sites for hydroxylation is 3. The molecule has 0 saturated heterocycles. The molecule has 46 heavy (non-hydrogen) atoms. The van der Waals surface area contributed by atoms with Crippen molar-refractivity contribution in [2.45, 2.75) is 65.9 Å². The van der Waals surface area contributed by atoms with Gasteiger partial charge in [0.05, 0.1) is 22.9 Å². The molecule has 6 rings (SSSR count). The number of hydrogen-bond acceptors (Lipinski definition) is 6. The molecular weight excluding hydrogens is 627 g/mol. The Kier molecular flexibility index (Phi) is 9.99. The lowest BCUT2D eigenvalue weighted by Gasteiger charge is -2.19. The third kappa shape index (κ3) is 6.04. The summed E-state index contributed by atoms with van der Waals surface area (Å²) in [6, 6.07) is 23.6. The molecule has 0 bridgehead atoms. The van der Waals surface area contributed by atoms with E-state index in [1.807, 2.05) is 17.6 Å². The molecule has 0 fully saturated rings. The first kappa shape index (κ1) is 32.5. The van der Waals surface area contributed by atoms with Crippen molar-refractivity contribution >= 4 is 61.5 Å². The molecule has 0 atom stereocenters. The Balaban J connectivity index is 1.66. The molecule has 5 nitrogen and oxygen atoms in total. The van der Waals surface area contributed by atoms with Crippen LogP contribution in [0.25, 0.3) is 21.4 Å². The summed E-state index contributed by atoms with van der Waals surface area (Å²) in [7, 11) is 0. The number of aromatic nitrogens is 2. The van der Waals surface area contributed by atoms with Crippen molar-refractivity contribution in [1.29, 1.82) is 0 Å². The average molecular weight is 669 g/mol. The topological polar surface area (TPSA) is 38.4 Å². The van der Waals surface area contributed by atoms with Gasteiger partial charge < -0.3 is 9.64 Å². The van der Waals surface area contributed by atoms with Crippen molar-refractivity contribution in [1.82, 2.24) is 4.57 Å². The lowest BCUT2D eigenvalue weighted by atomic mass is 10.1. The van der Waals surface area contributed by atoms with E-state index in [1.54, 1.807) is 34.4 Å². The van der Waals surface area contributed by atoms with E-state index in [1.165, 1.54) is 42.5 Å². The quantitative estimate of drug-likeness (QED) is 0.115.